The van der Waals surface area contributed by atoms with Crippen LogP contribution in [0.2, 0.25) is 0 Å². The predicted octanol–water partition coefficient (Wildman–Crippen LogP) is 9.46. The highest BCUT2D eigenvalue weighted by atomic mass is 14.7. The normalized spacial score (nSPS) is 16.4. The van der Waals surface area contributed by atoms with Gasteiger partial charge < -0.3 is 4.98 Å². The number of nitrogens with one attached hydrogen (secondary N) is 1. The van der Waals surface area contributed by atoms with Gasteiger partial charge in [0, 0.05) is 16.6 Å². The lowest BCUT2D eigenvalue weighted by Crippen LogP contribution is -2.09. The minimum absolute atomic E-state index is 0.781. The van der Waals surface area contributed by atoms with Gasteiger partial charge in [0.2, 0.25) is 0 Å². The number of hydrogen-bond donors (Lipinski definition) is 1. The number of H-pyrrole nitrogens is 1. The van der Waals surface area contributed by atoms with Crippen LogP contribution in [-0.4, -0.2) is 4.98 Å². The molecule has 162 valence electrons. The summed E-state index contributed by atoms with van der Waals surface area (Å²) in [6, 6.07) is 8.90. The van der Waals surface area contributed by atoms with Gasteiger partial charge in [0.1, 0.15) is 0 Å². The van der Waals surface area contributed by atoms with Crippen molar-refractivity contribution in [3.05, 3.63) is 35.5 Å². The Morgan fingerprint density at radius 1 is 0.759 bits per heavy atom. The van der Waals surface area contributed by atoms with Crippen molar-refractivity contribution in [2.24, 2.45) is 0 Å². The maximum Gasteiger partial charge on any atom is 0.0459 e. The van der Waals surface area contributed by atoms with Crippen molar-refractivity contribution in [2.45, 2.75) is 128 Å². The third-order valence-electron chi connectivity index (χ3n) is 7.14. The van der Waals surface area contributed by atoms with Crippen LogP contribution < -0.4 is 0 Å². The van der Waals surface area contributed by atoms with Gasteiger partial charge in [-0.25, -0.2) is 0 Å². The molecule has 0 fully saturated rings. The fourth-order valence-electron chi connectivity index (χ4n) is 5.38. The number of benzene rings is 1. The lowest BCUT2D eigenvalue weighted by molar-refractivity contribution is 0.475. The molecule has 0 amide bonds. The summed E-state index contributed by atoms with van der Waals surface area (Å²) in [6.45, 7) is 2.30. The second-order valence-electron chi connectivity index (χ2n) is 9.54. The number of unbranched alkanes of at least 4 members (excludes halogenated alkanes) is 13. The molecule has 1 nitrogen and oxygen atoms in total. The van der Waals surface area contributed by atoms with Crippen LogP contribution in [0.1, 0.15) is 133 Å². The SMILES string of the molecule is CCCCCCCCCCCCCCCCC1CCCc2c1[nH]c1ccccc21. The number of aromatic nitrogens is 1. The van der Waals surface area contributed by atoms with Crippen LogP contribution in [0, 0.1) is 0 Å². The summed E-state index contributed by atoms with van der Waals surface area (Å²) < 4.78 is 0. The first-order valence-corrected chi connectivity index (χ1v) is 13.0. The molecular weight excluding hydrogens is 350 g/mol. The zero-order valence-electron chi connectivity index (χ0n) is 19.1. The third-order valence-corrected chi connectivity index (χ3v) is 7.14. The van der Waals surface area contributed by atoms with Crippen molar-refractivity contribution >= 4 is 10.9 Å². The van der Waals surface area contributed by atoms with E-state index in [-0.39, 0.29) is 0 Å². The lowest BCUT2D eigenvalue weighted by Gasteiger charge is -2.22. The molecule has 1 aliphatic rings. The average Bonchev–Trinajstić information content (AvgIpc) is 3.13. The molecule has 1 aromatic carbocycles. The van der Waals surface area contributed by atoms with E-state index in [0.717, 1.165) is 5.92 Å². The smallest absolute Gasteiger partial charge is 0.0459 e. The number of fused-ring (bicyclic) bond motifs is 3. The highest BCUT2D eigenvalue weighted by Gasteiger charge is 2.23. The molecule has 0 saturated carbocycles. The molecule has 1 unspecified atom stereocenters. The fraction of sp³-hybridized carbons (Fsp3) is 0.714. The van der Waals surface area contributed by atoms with E-state index < -0.39 is 0 Å². The Morgan fingerprint density at radius 2 is 1.34 bits per heavy atom. The van der Waals surface area contributed by atoms with E-state index in [1.807, 2.05) is 0 Å². The van der Waals surface area contributed by atoms with Gasteiger partial charge in [-0.15, -0.1) is 0 Å². The van der Waals surface area contributed by atoms with Gasteiger partial charge in [0.15, 0.2) is 0 Å². The van der Waals surface area contributed by atoms with E-state index in [4.69, 9.17) is 0 Å². The molecule has 1 aromatic heterocycles. The first kappa shape index (κ1) is 22.4. The molecule has 0 aliphatic heterocycles. The van der Waals surface area contributed by atoms with Gasteiger partial charge in [-0.05, 0) is 43.2 Å². The molecule has 1 aliphatic carbocycles. The number of rotatable bonds is 15. The predicted molar refractivity (Wildman–Crippen MR) is 129 cm³/mol. The lowest BCUT2D eigenvalue weighted by atomic mass is 9.83. The molecule has 1 heteroatoms. The Morgan fingerprint density at radius 3 is 2.00 bits per heavy atom. The molecule has 1 heterocycles. The van der Waals surface area contributed by atoms with Gasteiger partial charge >= 0.3 is 0 Å². The summed E-state index contributed by atoms with van der Waals surface area (Å²) in [6.07, 6.45) is 25.7. The van der Waals surface area contributed by atoms with Crippen molar-refractivity contribution < 1.29 is 0 Å². The van der Waals surface area contributed by atoms with Gasteiger partial charge in [0.25, 0.3) is 0 Å². The van der Waals surface area contributed by atoms with E-state index in [1.54, 1.807) is 11.3 Å². The molecular formula is C28H45N. The van der Waals surface area contributed by atoms with Crippen LogP contribution in [0.3, 0.4) is 0 Å². The van der Waals surface area contributed by atoms with E-state index in [2.05, 4.69) is 36.2 Å². The first-order valence-electron chi connectivity index (χ1n) is 13.0. The zero-order chi connectivity index (χ0) is 20.2. The summed E-state index contributed by atoms with van der Waals surface area (Å²) in [5.74, 6) is 0.781. The number of aryl methyl sites for hydroxylation is 1. The summed E-state index contributed by atoms with van der Waals surface area (Å²) in [4.78, 5) is 3.77. The van der Waals surface area contributed by atoms with Crippen LogP contribution in [0.15, 0.2) is 24.3 Å². The maximum atomic E-state index is 3.77. The quantitative estimate of drug-likeness (QED) is 0.289. The third kappa shape index (κ3) is 7.19. The molecule has 0 bridgehead atoms. The fourth-order valence-corrected chi connectivity index (χ4v) is 5.38. The summed E-state index contributed by atoms with van der Waals surface area (Å²) in [5, 5.41) is 1.48. The Labute approximate surface area is 180 Å². The number of para-hydroxylation sites is 1. The van der Waals surface area contributed by atoms with Gasteiger partial charge in [-0.1, -0.05) is 115 Å². The highest BCUT2D eigenvalue weighted by molar-refractivity contribution is 5.85. The van der Waals surface area contributed by atoms with Crippen molar-refractivity contribution in [1.82, 2.24) is 4.98 Å². The topological polar surface area (TPSA) is 15.8 Å². The van der Waals surface area contributed by atoms with Crippen LogP contribution in [0.25, 0.3) is 10.9 Å². The molecule has 1 atom stereocenters. The van der Waals surface area contributed by atoms with Crippen molar-refractivity contribution in [2.75, 3.05) is 0 Å². The van der Waals surface area contributed by atoms with E-state index in [9.17, 15) is 0 Å². The van der Waals surface area contributed by atoms with E-state index in [1.165, 1.54) is 126 Å². The standard InChI is InChI=1S/C28H45N/c1-2-3-4-5-6-7-8-9-10-11-12-13-14-15-19-24-20-18-22-26-25-21-16-17-23-27(25)29-28(24)26/h16-17,21,23-24,29H,2-15,18-20,22H2,1H3. The Bertz CT molecular complexity index is 683. The minimum atomic E-state index is 0.781. The van der Waals surface area contributed by atoms with Crippen LogP contribution in [0.5, 0.6) is 0 Å². The Balaban J connectivity index is 1.21. The van der Waals surface area contributed by atoms with Gasteiger partial charge in [-0.3, -0.25) is 0 Å². The maximum absolute atomic E-state index is 3.77. The highest BCUT2D eigenvalue weighted by Crippen LogP contribution is 2.38. The summed E-state index contributed by atoms with van der Waals surface area (Å²) >= 11 is 0. The Kier molecular flexibility index (Phi) is 10.2. The molecule has 1 N–H and O–H groups in total. The summed E-state index contributed by atoms with van der Waals surface area (Å²) in [7, 11) is 0. The van der Waals surface area contributed by atoms with Gasteiger partial charge in [0.05, 0.1) is 0 Å². The summed E-state index contributed by atoms with van der Waals surface area (Å²) in [5.41, 5.74) is 4.56. The van der Waals surface area contributed by atoms with Crippen LogP contribution in [0.4, 0.5) is 0 Å². The van der Waals surface area contributed by atoms with Crippen molar-refractivity contribution in [1.29, 1.82) is 0 Å². The number of hydrogen-bond acceptors (Lipinski definition) is 0. The second kappa shape index (κ2) is 13.1. The molecule has 0 saturated heterocycles. The molecule has 2 aromatic rings. The largest absolute Gasteiger partial charge is 0.358 e. The number of aromatic amines is 1. The van der Waals surface area contributed by atoms with E-state index >= 15 is 0 Å². The molecule has 3 rings (SSSR count). The monoisotopic (exact) mass is 395 g/mol. The molecule has 0 radical (unpaired) electrons. The average molecular weight is 396 g/mol. The van der Waals surface area contributed by atoms with E-state index in [0.29, 0.717) is 0 Å². The Hall–Kier alpha value is -1.24. The van der Waals surface area contributed by atoms with Crippen LogP contribution in [-0.2, 0) is 6.42 Å². The zero-order valence-corrected chi connectivity index (χ0v) is 19.1. The second-order valence-corrected chi connectivity index (χ2v) is 9.54. The van der Waals surface area contributed by atoms with Gasteiger partial charge in [-0.2, -0.15) is 0 Å². The minimum Gasteiger partial charge on any atom is -0.358 e. The van der Waals surface area contributed by atoms with Crippen molar-refractivity contribution in [3.8, 4) is 0 Å². The molecule has 0 spiro atoms. The first-order chi connectivity index (χ1) is 14.4. The molecule has 29 heavy (non-hydrogen) atoms. The van der Waals surface area contributed by atoms with Crippen LogP contribution >= 0.6 is 0 Å². The van der Waals surface area contributed by atoms with Crippen molar-refractivity contribution in [3.63, 3.8) is 0 Å².